The average molecular weight is 81.9 g/mol. The van der Waals surface area contributed by atoms with Crippen molar-refractivity contribution in [2.75, 3.05) is 6.54 Å². The van der Waals surface area contributed by atoms with Crippen molar-refractivity contribution in [2.45, 2.75) is 6.92 Å². The van der Waals surface area contributed by atoms with Crippen molar-refractivity contribution in [3.8, 4) is 0 Å². The molecule has 0 saturated heterocycles. The molecule has 0 aromatic heterocycles. The van der Waals surface area contributed by atoms with Gasteiger partial charge in [0, 0.05) is 0 Å². The molecule has 0 aliphatic rings. The summed E-state index contributed by atoms with van der Waals surface area (Å²) in [6.45, 7) is 1.58. The van der Waals surface area contributed by atoms with Gasteiger partial charge in [0.25, 0.3) is 0 Å². The van der Waals surface area contributed by atoms with Crippen LogP contribution in [-0.2, 0) is 4.79 Å². The van der Waals surface area contributed by atoms with Crippen LogP contribution < -0.4 is 0 Å². The Morgan fingerprint density at radius 3 is 2.50 bits per heavy atom. The average Bonchev–Trinajstić information content (AvgIpc) is 1.35. The summed E-state index contributed by atoms with van der Waals surface area (Å²) in [5.74, 6) is -0.00231. The fraction of sp³-hybridized carbons (Fsp3) is 0.667. The molecule has 1 radical (unpaired) electrons. The molecule has 0 fully saturated rings. The van der Waals surface area contributed by atoms with Crippen molar-refractivity contribution < 1.29 is 4.79 Å². The molecule has 31 valence electrons. The number of ketones is 1. The third kappa shape index (κ3) is 3.53. The Morgan fingerprint density at radius 1 is 2.00 bits per heavy atom. The van der Waals surface area contributed by atoms with Gasteiger partial charge in [0.15, 0.2) is 0 Å². The van der Waals surface area contributed by atoms with E-state index in [4.69, 9.17) is 0 Å². The van der Waals surface area contributed by atoms with E-state index >= 15 is 0 Å². The van der Waals surface area contributed by atoms with Gasteiger partial charge in [-0.1, -0.05) is 0 Å². The van der Waals surface area contributed by atoms with E-state index in [1.54, 1.807) is 0 Å². The monoisotopic (exact) mass is 82.0 g/mol. The molecule has 0 aromatic carbocycles. The van der Waals surface area contributed by atoms with Crippen LogP contribution in [0.25, 0.3) is 0 Å². The van der Waals surface area contributed by atoms with Crippen LogP contribution in [0.4, 0.5) is 0 Å². The van der Waals surface area contributed by atoms with Crippen LogP contribution in [0.3, 0.4) is 0 Å². The van der Waals surface area contributed by atoms with Crippen molar-refractivity contribution in [1.29, 1.82) is 0 Å². The topological polar surface area (TPSA) is 29.4 Å². The second kappa shape index (κ2) is 2.76. The number of carbonyl (C=O) groups is 1. The predicted molar refractivity (Wildman–Crippen MR) is 23.7 cm³/mol. The van der Waals surface area contributed by atoms with Crippen LogP contribution in [0.15, 0.2) is 4.90 Å². The van der Waals surface area contributed by atoms with E-state index in [0.29, 0.717) is 0 Å². The van der Waals surface area contributed by atoms with E-state index in [9.17, 15) is 4.79 Å². The summed E-state index contributed by atoms with van der Waals surface area (Å²) in [4.78, 5) is 13.0. The Balaban J connectivity index is 3.05. The Bertz CT molecular complexity index is 71.2. The number of hydrogen-bond donors (Lipinski definition) is 0. The van der Waals surface area contributed by atoms with Gasteiger partial charge in [-0.3, -0.25) is 0 Å². The number of Topliss-reactive ketones (excluding diaryl/α,β-unsaturated/α-hetero) is 1. The van der Waals surface area contributed by atoms with E-state index in [2.05, 4.69) is 12.5 Å². The standard InChI is InChI=1S/C3H5BNO/c1-3(6)2-5-4/h2H2,1H3. The minimum atomic E-state index is -0.00231. The van der Waals surface area contributed by atoms with Gasteiger partial charge in [-0.2, -0.15) is 0 Å². The fourth-order valence-electron chi connectivity index (χ4n) is 0.129. The number of rotatable bonds is 2. The first kappa shape index (κ1) is 5.53. The van der Waals surface area contributed by atoms with Gasteiger partial charge in [-0.25, -0.2) is 0 Å². The molecule has 3 heteroatoms. The third-order valence-electron chi connectivity index (χ3n) is 0.314. The zero-order valence-electron chi connectivity index (χ0n) is 3.64. The maximum atomic E-state index is 9.87. The van der Waals surface area contributed by atoms with E-state index in [1.165, 1.54) is 6.92 Å². The Morgan fingerprint density at radius 2 is 2.50 bits per heavy atom. The molecule has 0 saturated carbocycles. The molecule has 0 spiro atoms. The molecule has 0 aliphatic heterocycles. The second-order valence-electron chi connectivity index (χ2n) is 1.04. The molecule has 0 N–H and O–H groups in total. The molecule has 6 heavy (non-hydrogen) atoms. The summed E-state index contributed by atoms with van der Waals surface area (Å²) >= 11 is 0. The molecule has 0 aromatic rings. The SMILES string of the molecule is [B]=NCC(C)=O. The van der Waals surface area contributed by atoms with Gasteiger partial charge >= 0.3 is 36.6 Å². The normalized spacial score (nSPS) is 7.33. The first-order valence-electron chi connectivity index (χ1n) is 1.63. The van der Waals surface area contributed by atoms with Crippen molar-refractivity contribution in [2.24, 2.45) is 4.90 Å². The summed E-state index contributed by atoms with van der Waals surface area (Å²) in [5.41, 5.74) is 0. The van der Waals surface area contributed by atoms with Gasteiger partial charge in [0.05, 0.1) is 0 Å². The zero-order valence-corrected chi connectivity index (χ0v) is 3.64. The molecule has 0 unspecified atom stereocenters. The van der Waals surface area contributed by atoms with Crippen LogP contribution in [0.5, 0.6) is 0 Å². The van der Waals surface area contributed by atoms with Crippen LogP contribution in [0.2, 0.25) is 0 Å². The molecule has 2 nitrogen and oxygen atoms in total. The maximum absolute atomic E-state index is 9.87. The quantitative estimate of drug-likeness (QED) is 0.428. The second-order valence-corrected chi connectivity index (χ2v) is 1.04. The van der Waals surface area contributed by atoms with Gasteiger partial charge < -0.3 is 0 Å². The summed E-state index contributed by atoms with van der Waals surface area (Å²) in [5, 5.41) is 0. The number of nitrogens with zero attached hydrogens (tertiary/aromatic N) is 1. The summed E-state index contributed by atoms with van der Waals surface area (Å²) in [6.07, 6.45) is 0. The molecule has 0 atom stereocenters. The Kier molecular flexibility index (Phi) is 2.54. The molecule has 0 rings (SSSR count). The molecule has 0 aliphatic carbocycles. The predicted octanol–water partition coefficient (Wildman–Crippen LogP) is -0.0725. The van der Waals surface area contributed by atoms with E-state index in [-0.39, 0.29) is 12.3 Å². The molecular weight excluding hydrogens is 76.9 g/mol. The fourth-order valence-corrected chi connectivity index (χ4v) is 0.129. The van der Waals surface area contributed by atoms with E-state index in [0.717, 1.165) is 0 Å². The van der Waals surface area contributed by atoms with E-state index in [1.807, 2.05) is 0 Å². The number of carbonyl (C=O) groups excluding carboxylic acids is 1. The third-order valence-corrected chi connectivity index (χ3v) is 0.314. The molecular formula is C3H5BNO. The van der Waals surface area contributed by atoms with Gasteiger partial charge in [0.1, 0.15) is 0 Å². The van der Waals surface area contributed by atoms with Crippen LogP contribution in [0, 0.1) is 0 Å². The van der Waals surface area contributed by atoms with Crippen molar-refractivity contribution in [3.63, 3.8) is 0 Å². The Labute approximate surface area is 37.7 Å². The van der Waals surface area contributed by atoms with Gasteiger partial charge in [0.2, 0.25) is 0 Å². The van der Waals surface area contributed by atoms with E-state index < -0.39 is 0 Å². The molecule has 0 heterocycles. The van der Waals surface area contributed by atoms with Crippen LogP contribution >= 0.6 is 0 Å². The van der Waals surface area contributed by atoms with Crippen LogP contribution in [0.1, 0.15) is 6.92 Å². The van der Waals surface area contributed by atoms with Crippen molar-refractivity contribution in [3.05, 3.63) is 0 Å². The van der Waals surface area contributed by atoms with Gasteiger partial charge in [-0.05, 0) is 0 Å². The first-order valence-corrected chi connectivity index (χ1v) is 1.63. The summed E-state index contributed by atoms with van der Waals surface area (Å²) in [6, 6.07) is 0. The zero-order chi connectivity index (χ0) is 4.99. The van der Waals surface area contributed by atoms with Crippen LogP contribution in [-0.4, -0.2) is 20.0 Å². The number of hydrogen-bond acceptors (Lipinski definition) is 2. The minimum absolute atomic E-state index is 0.00231. The first-order chi connectivity index (χ1) is 2.77. The summed E-state index contributed by atoms with van der Waals surface area (Å²) < 4.78 is 0. The summed E-state index contributed by atoms with van der Waals surface area (Å²) in [7, 11) is 4.63. The Hall–Kier alpha value is -0.465. The van der Waals surface area contributed by atoms with Crippen molar-refractivity contribution >= 4 is 13.4 Å². The molecule has 0 amide bonds. The van der Waals surface area contributed by atoms with Crippen molar-refractivity contribution in [1.82, 2.24) is 0 Å². The molecule has 0 bridgehead atoms. The van der Waals surface area contributed by atoms with Gasteiger partial charge in [-0.15, -0.1) is 0 Å².